The zero-order valence-electron chi connectivity index (χ0n) is 11.9. The predicted octanol–water partition coefficient (Wildman–Crippen LogP) is 0.0567. The highest BCUT2D eigenvalue weighted by molar-refractivity contribution is 5.95. The average Bonchev–Trinajstić information content (AvgIpc) is 3.16. The number of nitrogens with two attached hydrogens (primary N) is 1. The maximum Gasteiger partial charge on any atom is 0.324 e. The Morgan fingerprint density at radius 3 is 2.48 bits per heavy atom. The number of carboxylic acids is 2. The quantitative estimate of drug-likeness (QED) is 0.620. The van der Waals surface area contributed by atoms with Gasteiger partial charge < -0.3 is 21.3 Å². The molecule has 5 N–H and O–H groups in total. The fraction of sp³-hybridized carbons (Fsp3) is 0.400. The minimum Gasteiger partial charge on any atom is -0.481 e. The van der Waals surface area contributed by atoms with E-state index in [2.05, 4.69) is 5.32 Å². The SMILES string of the molecule is N[C@@]1(C(=O)O)C[C@H](NC(=O)c2ccccc2F)[C@H]2[C@H](C(=O)O)[C@H]21. The van der Waals surface area contributed by atoms with Gasteiger partial charge in [-0.2, -0.15) is 0 Å². The van der Waals surface area contributed by atoms with Gasteiger partial charge in [0.2, 0.25) is 0 Å². The van der Waals surface area contributed by atoms with E-state index in [9.17, 15) is 23.9 Å². The van der Waals surface area contributed by atoms with Crippen molar-refractivity contribution in [3.05, 3.63) is 35.6 Å². The summed E-state index contributed by atoms with van der Waals surface area (Å²) in [5, 5.41) is 21.0. The van der Waals surface area contributed by atoms with Gasteiger partial charge in [-0.15, -0.1) is 0 Å². The van der Waals surface area contributed by atoms with Gasteiger partial charge in [0.1, 0.15) is 11.4 Å². The standard InChI is InChI=1S/C15H15FN2O5/c16-7-4-2-1-3-6(7)12(19)18-8-5-15(17,14(22)23)11-9(8)10(11)13(20)21/h1-4,8-11H,5,17H2,(H,18,19)(H,20,21)(H,22,23)/t8-,9-,10-,11-,15-/m0/s1. The molecule has 2 fully saturated rings. The number of carbonyl (C=O) groups excluding carboxylic acids is 1. The summed E-state index contributed by atoms with van der Waals surface area (Å²) in [6.07, 6.45) is -0.0817. The molecule has 0 aliphatic heterocycles. The number of nitrogens with one attached hydrogen (secondary N) is 1. The Balaban J connectivity index is 1.82. The number of hydrogen-bond donors (Lipinski definition) is 4. The fourth-order valence-corrected chi connectivity index (χ4v) is 3.72. The average molecular weight is 322 g/mol. The van der Waals surface area contributed by atoms with Gasteiger partial charge >= 0.3 is 11.9 Å². The number of halogens is 1. The largest absolute Gasteiger partial charge is 0.481 e. The maximum absolute atomic E-state index is 13.6. The molecule has 2 saturated carbocycles. The normalized spacial score (nSPS) is 34.5. The van der Waals surface area contributed by atoms with E-state index < -0.39 is 53.0 Å². The lowest BCUT2D eigenvalue weighted by molar-refractivity contribution is -0.145. The Morgan fingerprint density at radius 2 is 1.91 bits per heavy atom. The highest BCUT2D eigenvalue weighted by Gasteiger charge is 2.74. The van der Waals surface area contributed by atoms with Crippen LogP contribution in [0.15, 0.2) is 24.3 Å². The van der Waals surface area contributed by atoms with Gasteiger partial charge in [0, 0.05) is 12.0 Å². The number of carbonyl (C=O) groups is 3. The van der Waals surface area contributed by atoms with Crippen LogP contribution in [0.4, 0.5) is 4.39 Å². The van der Waals surface area contributed by atoms with E-state index in [4.69, 9.17) is 10.8 Å². The monoisotopic (exact) mass is 322 g/mol. The molecule has 0 spiro atoms. The molecule has 8 heteroatoms. The first kappa shape index (κ1) is 15.4. The second-order valence-electron chi connectivity index (χ2n) is 6.08. The molecular weight excluding hydrogens is 307 g/mol. The molecule has 1 amide bonds. The van der Waals surface area contributed by atoms with Crippen molar-refractivity contribution >= 4 is 17.8 Å². The number of aliphatic carboxylic acids is 2. The minimum absolute atomic E-state index is 0.0817. The Labute approximate surface area is 130 Å². The molecule has 7 nitrogen and oxygen atoms in total. The second kappa shape index (κ2) is 5.02. The molecule has 1 aromatic carbocycles. The van der Waals surface area contributed by atoms with Crippen LogP contribution in [-0.4, -0.2) is 39.6 Å². The number of hydrogen-bond acceptors (Lipinski definition) is 4. The topological polar surface area (TPSA) is 130 Å². The molecule has 0 heterocycles. The van der Waals surface area contributed by atoms with Crippen molar-refractivity contribution in [1.29, 1.82) is 0 Å². The summed E-state index contributed by atoms with van der Waals surface area (Å²) >= 11 is 0. The van der Waals surface area contributed by atoms with Crippen LogP contribution >= 0.6 is 0 Å². The molecule has 0 bridgehead atoms. The molecule has 0 saturated heterocycles. The van der Waals surface area contributed by atoms with Gasteiger partial charge in [0.05, 0.1) is 11.5 Å². The summed E-state index contributed by atoms with van der Waals surface area (Å²) < 4.78 is 13.6. The molecule has 122 valence electrons. The van der Waals surface area contributed by atoms with Crippen LogP contribution in [0.2, 0.25) is 0 Å². The van der Waals surface area contributed by atoms with E-state index in [1.807, 2.05) is 0 Å². The van der Waals surface area contributed by atoms with Gasteiger partial charge in [-0.25, -0.2) is 4.39 Å². The third-order valence-electron chi connectivity index (χ3n) is 4.81. The van der Waals surface area contributed by atoms with Gasteiger partial charge in [-0.05, 0) is 24.5 Å². The van der Waals surface area contributed by atoms with Gasteiger partial charge in [-0.3, -0.25) is 14.4 Å². The van der Waals surface area contributed by atoms with E-state index in [0.717, 1.165) is 6.07 Å². The maximum atomic E-state index is 13.6. The Hall–Kier alpha value is -2.48. The zero-order valence-corrected chi connectivity index (χ0v) is 11.9. The van der Waals surface area contributed by atoms with Crippen molar-refractivity contribution < 1.29 is 29.0 Å². The number of benzene rings is 1. The summed E-state index contributed by atoms with van der Waals surface area (Å²) in [7, 11) is 0. The first-order valence-corrected chi connectivity index (χ1v) is 7.08. The third-order valence-corrected chi connectivity index (χ3v) is 4.81. The van der Waals surface area contributed by atoms with Crippen LogP contribution in [0.5, 0.6) is 0 Å². The van der Waals surface area contributed by atoms with Crippen molar-refractivity contribution in [2.75, 3.05) is 0 Å². The van der Waals surface area contributed by atoms with Crippen LogP contribution in [-0.2, 0) is 9.59 Å². The highest BCUT2D eigenvalue weighted by Crippen LogP contribution is 2.61. The van der Waals surface area contributed by atoms with Crippen molar-refractivity contribution in [3.8, 4) is 0 Å². The Morgan fingerprint density at radius 1 is 1.26 bits per heavy atom. The summed E-state index contributed by atoms with van der Waals surface area (Å²) in [4.78, 5) is 34.8. The van der Waals surface area contributed by atoms with Crippen LogP contribution in [0.25, 0.3) is 0 Å². The molecule has 0 radical (unpaired) electrons. The van der Waals surface area contributed by atoms with Gasteiger partial charge in [0.15, 0.2) is 0 Å². The van der Waals surface area contributed by atoms with Crippen molar-refractivity contribution in [1.82, 2.24) is 5.32 Å². The van der Waals surface area contributed by atoms with E-state index in [1.54, 1.807) is 0 Å². The molecule has 2 aliphatic carbocycles. The zero-order chi connectivity index (χ0) is 16.9. The first-order valence-electron chi connectivity index (χ1n) is 7.08. The minimum atomic E-state index is -1.69. The number of carboxylic acid groups (broad SMARTS) is 2. The lowest BCUT2D eigenvalue weighted by Gasteiger charge is -2.25. The van der Waals surface area contributed by atoms with Crippen LogP contribution in [0, 0.1) is 23.6 Å². The van der Waals surface area contributed by atoms with Crippen LogP contribution in [0.3, 0.4) is 0 Å². The molecule has 5 atom stereocenters. The summed E-state index contributed by atoms with van der Waals surface area (Å²) in [6, 6.07) is 4.65. The van der Waals surface area contributed by atoms with Gasteiger partial charge in [0.25, 0.3) is 5.91 Å². The van der Waals surface area contributed by atoms with Crippen LogP contribution in [0.1, 0.15) is 16.8 Å². The predicted molar refractivity (Wildman–Crippen MR) is 74.9 cm³/mol. The van der Waals surface area contributed by atoms with Gasteiger partial charge in [-0.1, -0.05) is 12.1 Å². The summed E-state index contributed by atoms with van der Waals surface area (Å²) in [5.41, 5.74) is 3.99. The Kier molecular flexibility index (Phi) is 3.36. The smallest absolute Gasteiger partial charge is 0.324 e. The highest BCUT2D eigenvalue weighted by atomic mass is 19.1. The Bertz CT molecular complexity index is 709. The number of rotatable bonds is 4. The fourth-order valence-electron chi connectivity index (χ4n) is 3.72. The van der Waals surface area contributed by atoms with E-state index in [-0.39, 0.29) is 12.0 Å². The van der Waals surface area contributed by atoms with Crippen molar-refractivity contribution in [2.24, 2.45) is 23.5 Å². The summed E-state index contributed by atoms with van der Waals surface area (Å²) in [5.74, 6) is -6.04. The number of fused-ring (bicyclic) bond motifs is 1. The molecule has 2 aliphatic rings. The molecular formula is C15H15FN2O5. The molecule has 1 aromatic rings. The molecule has 23 heavy (non-hydrogen) atoms. The summed E-state index contributed by atoms with van der Waals surface area (Å²) in [6.45, 7) is 0. The van der Waals surface area contributed by atoms with Crippen LogP contribution < -0.4 is 11.1 Å². The number of amides is 1. The lowest BCUT2D eigenvalue weighted by Crippen LogP contribution is -2.52. The first-order chi connectivity index (χ1) is 10.8. The third kappa shape index (κ3) is 2.26. The van der Waals surface area contributed by atoms with Crippen molar-refractivity contribution in [3.63, 3.8) is 0 Å². The van der Waals surface area contributed by atoms with E-state index in [1.165, 1.54) is 18.2 Å². The lowest BCUT2D eigenvalue weighted by atomic mass is 9.90. The van der Waals surface area contributed by atoms with E-state index >= 15 is 0 Å². The molecule has 0 unspecified atom stereocenters. The molecule has 0 aromatic heterocycles. The second-order valence-corrected chi connectivity index (χ2v) is 6.08. The van der Waals surface area contributed by atoms with E-state index in [0.29, 0.717) is 0 Å². The molecule has 3 rings (SSSR count). The van der Waals surface area contributed by atoms with Crippen molar-refractivity contribution in [2.45, 2.75) is 18.0 Å².